The number of hydrogen-bond donors (Lipinski definition) is 2. The Balaban J connectivity index is 2.01. The lowest BCUT2D eigenvalue weighted by molar-refractivity contribution is 0.390. The predicted octanol–water partition coefficient (Wildman–Crippen LogP) is 3.15. The Morgan fingerprint density at radius 3 is 2.52 bits per heavy atom. The van der Waals surface area contributed by atoms with Gasteiger partial charge in [0.1, 0.15) is 16.4 Å². The number of nitrogens with one attached hydrogen (secondary N) is 2. The molecule has 0 bridgehead atoms. The molecule has 0 saturated carbocycles. The first kappa shape index (κ1) is 17.6. The van der Waals surface area contributed by atoms with Crippen molar-refractivity contribution in [2.24, 2.45) is 5.92 Å². The molecule has 0 unspecified atom stereocenters. The van der Waals surface area contributed by atoms with Crippen LogP contribution >= 0.6 is 0 Å². The van der Waals surface area contributed by atoms with Crippen molar-refractivity contribution in [3.8, 4) is 0 Å². The molecule has 2 N–H and O–H groups in total. The fraction of sp³-hybridized carbons (Fsp3) is 0.412. The number of sulfonamides is 1. The fourth-order valence-corrected chi connectivity index (χ4v) is 4.56. The molecule has 1 atom stereocenters. The van der Waals surface area contributed by atoms with Crippen LogP contribution in [0.4, 0.5) is 0 Å². The highest BCUT2D eigenvalue weighted by Crippen LogP contribution is 2.27. The molecule has 25 heavy (non-hydrogen) atoms. The molecule has 2 aromatic heterocycles. The molecule has 1 aromatic carbocycles. The van der Waals surface area contributed by atoms with Crippen molar-refractivity contribution in [2.45, 2.75) is 45.6 Å². The monoisotopic (exact) mass is 362 g/mol. The van der Waals surface area contributed by atoms with Crippen LogP contribution in [0.15, 0.2) is 27.6 Å². The van der Waals surface area contributed by atoms with Gasteiger partial charge in [-0.05, 0) is 44.4 Å². The molecule has 0 spiro atoms. The molecular weight excluding hydrogens is 340 g/mol. The summed E-state index contributed by atoms with van der Waals surface area (Å²) in [6, 6.07) is 5.40. The van der Waals surface area contributed by atoms with Crippen LogP contribution < -0.4 is 4.72 Å². The largest absolute Gasteiger partial charge is 0.360 e. The first-order valence-corrected chi connectivity index (χ1v) is 9.59. The van der Waals surface area contributed by atoms with Gasteiger partial charge in [-0.1, -0.05) is 25.1 Å². The summed E-state index contributed by atoms with van der Waals surface area (Å²) in [6.07, 6.45) is 0. The minimum Gasteiger partial charge on any atom is -0.360 e. The van der Waals surface area contributed by atoms with Gasteiger partial charge >= 0.3 is 0 Å². The second-order valence-corrected chi connectivity index (χ2v) is 8.29. The van der Waals surface area contributed by atoms with Gasteiger partial charge in [-0.25, -0.2) is 18.1 Å². The third kappa shape index (κ3) is 3.32. The minimum atomic E-state index is -3.78. The van der Waals surface area contributed by atoms with Crippen LogP contribution in [-0.4, -0.2) is 23.5 Å². The summed E-state index contributed by atoms with van der Waals surface area (Å²) in [6.45, 7) is 9.08. The maximum absolute atomic E-state index is 12.8. The van der Waals surface area contributed by atoms with Crippen LogP contribution in [0.2, 0.25) is 0 Å². The molecule has 0 fully saturated rings. The Morgan fingerprint density at radius 1 is 1.20 bits per heavy atom. The molecule has 7 nitrogen and oxygen atoms in total. The van der Waals surface area contributed by atoms with Gasteiger partial charge in [0.05, 0.1) is 17.1 Å². The third-order valence-electron chi connectivity index (χ3n) is 4.14. The first-order chi connectivity index (χ1) is 11.7. The molecule has 0 aliphatic rings. The number of nitrogens with zero attached hydrogens (tertiary/aromatic N) is 2. The number of aryl methyl sites for hydroxylation is 3. The molecular formula is C17H22N4O3S. The molecule has 134 valence electrons. The summed E-state index contributed by atoms with van der Waals surface area (Å²) >= 11 is 0. The number of aromatic amines is 1. The van der Waals surface area contributed by atoms with Gasteiger partial charge in [0.2, 0.25) is 10.0 Å². The molecule has 0 aliphatic carbocycles. The van der Waals surface area contributed by atoms with E-state index in [4.69, 9.17) is 4.52 Å². The lowest BCUT2D eigenvalue weighted by atomic mass is 10.1. The number of fused-ring (bicyclic) bond motifs is 1. The van der Waals surface area contributed by atoms with Gasteiger partial charge in [-0.3, -0.25) is 0 Å². The standard InChI is InChI=1S/C17H22N4O3S/c1-9(2)15(17-18-13-7-6-10(3)8-14(13)19-17)21-25(22,23)16-11(4)20-24-12(16)5/h6-9,15,21H,1-5H3,(H,18,19)/t15-/m0/s1. The van der Waals surface area contributed by atoms with Gasteiger partial charge in [0.25, 0.3) is 0 Å². The van der Waals surface area contributed by atoms with Crippen LogP contribution in [0.1, 0.15) is 42.7 Å². The lowest BCUT2D eigenvalue weighted by Gasteiger charge is -2.20. The number of H-pyrrole nitrogens is 1. The molecule has 3 rings (SSSR count). The van der Waals surface area contributed by atoms with Crippen LogP contribution in [0.5, 0.6) is 0 Å². The van der Waals surface area contributed by atoms with Crippen molar-refractivity contribution in [2.75, 3.05) is 0 Å². The first-order valence-electron chi connectivity index (χ1n) is 8.10. The van der Waals surface area contributed by atoms with E-state index >= 15 is 0 Å². The van der Waals surface area contributed by atoms with E-state index in [0.717, 1.165) is 16.6 Å². The zero-order valence-electron chi connectivity index (χ0n) is 14.9. The highest BCUT2D eigenvalue weighted by Gasteiger charge is 2.30. The topological polar surface area (TPSA) is 101 Å². The van der Waals surface area contributed by atoms with E-state index in [-0.39, 0.29) is 16.6 Å². The quantitative estimate of drug-likeness (QED) is 0.726. The zero-order chi connectivity index (χ0) is 18.4. The Bertz CT molecular complexity index is 998. The summed E-state index contributed by atoms with van der Waals surface area (Å²) in [5, 5.41) is 3.73. The number of hydrogen-bond acceptors (Lipinski definition) is 5. The van der Waals surface area contributed by atoms with Crippen LogP contribution in [0, 0.1) is 26.7 Å². The number of rotatable bonds is 5. The van der Waals surface area contributed by atoms with Crippen molar-refractivity contribution >= 4 is 21.1 Å². The Hall–Kier alpha value is -2.19. The Morgan fingerprint density at radius 2 is 1.92 bits per heavy atom. The fourth-order valence-electron chi connectivity index (χ4n) is 2.88. The average Bonchev–Trinajstić information content (AvgIpc) is 3.07. The van der Waals surface area contributed by atoms with E-state index < -0.39 is 16.1 Å². The van der Waals surface area contributed by atoms with Crippen LogP contribution in [0.25, 0.3) is 11.0 Å². The van der Waals surface area contributed by atoms with Crippen molar-refractivity contribution in [1.82, 2.24) is 19.8 Å². The van der Waals surface area contributed by atoms with Crippen molar-refractivity contribution < 1.29 is 12.9 Å². The highest BCUT2D eigenvalue weighted by molar-refractivity contribution is 7.89. The molecule has 3 aromatic rings. The van der Waals surface area contributed by atoms with E-state index in [1.807, 2.05) is 39.0 Å². The highest BCUT2D eigenvalue weighted by atomic mass is 32.2. The van der Waals surface area contributed by atoms with Crippen LogP contribution in [-0.2, 0) is 10.0 Å². The zero-order valence-corrected chi connectivity index (χ0v) is 15.7. The maximum atomic E-state index is 12.8. The number of benzene rings is 1. The van der Waals surface area contributed by atoms with Crippen molar-refractivity contribution in [1.29, 1.82) is 0 Å². The smallest absolute Gasteiger partial charge is 0.246 e. The van der Waals surface area contributed by atoms with Gasteiger partial charge in [-0.2, -0.15) is 0 Å². The van der Waals surface area contributed by atoms with Gasteiger partial charge in [0, 0.05) is 0 Å². The molecule has 0 aliphatic heterocycles. The van der Waals surface area contributed by atoms with Gasteiger partial charge in [-0.15, -0.1) is 0 Å². The summed E-state index contributed by atoms with van der Waals surface area (Å²) < 4.78 is 33.4. The van der Waals surface area contributed by atoms with Crippen molar-refractivity contribution in [3.05, 3.63) is 41.0 Å². The van der Waals surface area contributed by atoms with E-state index in [2.05, 4.69) is 19.8 Å². The summed E-state index contributed by atoms with van der Waals surface area (Å²) in [7, 11) is -3.78. The predicted molar refractivity (Wildman–Crippen MR) is 94.7 cm³/mol. The van der Waals surface area contributed by atoms with E-state index in [1.54, 1.807) is 13.8 Å². The SMILES string of the molecule is Cc1ccc2nc([C@@H](NS(=O)(=O)c3c(C)noc3C)C(C)C)[nH]c2c1. The second kappa shape index (κ2) is 6.27. The third-order valence-corrected chi connectivity index (χ3v) is 5.82. The van der Waals surface area contributed by atoms with E-state index in [9.17, 15) is 8.42 Å². The molecule has 0 saturated heterocycles. The number of imidazole rings is 1. The summed E-state index contributed by atoms with van der Waals surface area (Å²) in [5.41, 5.74) is 3.15. The minimum absolute atomic E-state index is 0.00286. The average molecular weight is 362 g/mol. The van der Waals surface area contributed by atoms with E-state index in [1.165, 1.54) is 0 Å². The molecule has 0 amide bonds. The molecule has 8 heteroatoms. The second-order valence-electron chi connectivity index (χ2n) is 6.64. The Labute approximate surface area is 146 Å². The molecule has 2 heterocycles. The van der Waals surface area contributed by atoms with Crippen molar-refractivity contribution in [3.63, 3.8) is 0 Å². The summed E-state index contributed by atoms with van der Waals surface area (Å²) in [4.78, 5) is 7.89. The summed E-state index contributed by atoms with van der Waals surface area (Å²) in [5.74, 6) is 0.857. The van der Waals surface area contributed by atoms with Gasteiger partial charge < -0.3 is 9.51 Å². The van der Waals surface area contributed by atoms with Gasteiger partial charge in [0.15, 0.2) is 5.76 Å². The Kier molecular flexibility index (Phi) is 4.42. The molecule has 0 radical (unpaired) electrons. The van der Waals surface area contributed by atoms with E-state index in [0.29, 0.717) is 11.5 Å². The van der Waals surface area contributed by atoms with Crippen LogP contribution in [0.3, 0.4) is 0 Å². The normalized spacial score (nSPS) is 13.7. The lowest BCUT2D eigenvalue weighted by Crippen LogP contribution is -2.33. The maximum Gasteiger partial charge on any atom is 0.246 e. The number of aromatic nitrogens is 3.